The van der Waals surface area contributed by atoms with Crippen LogP contribution in [0, 0.1) is 0 Å². The van der Waals surface area contributed by atoms with E-state index in [9.17, 15) is 5.11 Å². The van der Waals surface area contributed by atoms with Crippen LogP contribution in [-0.2, 0) is 13.2 Å². The van der Waals surface area contributed by atoms with E-state index in [1.807, 2.05) is 72.8 Å². The van der Waals surface area contributed by atoms with Crippen molar-refractivity contribution in [3.63, 3.8) is 0 Å². The lowest BCUT2D eigenvalue weighted by Gasteiger charge is -2.16. The smallest absolute Gasteiger partial charge is 0.175 e. The van der Waals surface area contributed by atoms with Crippen LogP contribution in [0.3, 0.4) is 0 Å². The fourth-order valence-electron chi connectivity index (χ4n) is 2.89. The molecule has 0 aromatic heterocycles. The third kappa shape index (κ3) is 5.58. The minimum atomic E-state index is -0.542. The number of nitrogens with one attached hydrogen (secondary N) is 1. The molecule has 0 spiro atoms. The summed E-state index contributed by atoms with van der Waals surface area (Å²) >= 11 is 3.59. The molecule has 1 atom stereocenters. The zero-order chi connectivity index (χ0) is 19.8. The lowest BCUT2D eigenvalue weighted by molar-refractivity contribution is 0.174. The molecule has 28 heavy (non-hydrogen) atoms. The molecule has 4 nitrogen and oxygen atoms in total. The molecular weight excluding hydrogens is 418 g/mol. The van der Waals surface area contributed by atoms with Gasteiger partial charge in [0.25, 0.3) is 0 Å². The number of halogens is 1. The molecule has 1 unspecified atom stereocenters. The van der Waals surface area contributed by atoms with E-state index in [2.05, 4.69) is 21.2 Å². The van der Waals surface area contributed by atoms with Gasteiger partial charge in [-0.3, -0.25) is 0 Å². The van der Waals surface area contributed by atoms with Crippen LogP contribution < -0.4 is 14.8 Å². The molecule has 2 N–H and O–H groups in total. The van der Waals surface area contributed by atoms with Gasteiger partial charge in [0.2, 0.25) is 0 Å². The number of ether oxygens (including phenoxy) is 2. The highest BCUT2D eigenvalue weighted by Crippen LogP contribution is 2.37. The van der Waals surface area contributed by atoms with Gasteiger partial charge < -0.3 is 19.9 Å². The molecule has 0 saturated heterocycles. The Bertz CT molecular complexity index is 872. The number of aliphatic hydroxyl groups is 1. The molecule has 0 heterocycles. The van der Waals surface area contributed by atoms with Gasteiger partial charge in [0.15, 0.2) is 11.5 Å². The molecule has 0 fully saturated rings. The summed E-state index contributed by atoms with van der Waals surface area (Å²) in [6.07, 6.45) is -0.542. The summed E-state index contributed by atoms with van der Waals surface area (Å²) in [6, 6.07) is 23.6. The number of methoxy groups -OCH3 is 1. The van der Waals surface area contributed by atoms with E-state index < -0.39 is 6.10 Å². The second kappa shape index (κ2) is 10.3. The van der Waals surface area contributed by atoms with E-state index in [4.69, 9.17) is 9.47 Å². The molecule has 0 bridgehead atoms. The Hall–Kier alpha value is -2.34. The van der Waals surface area contributed by atoms with Crippen LogP contribution >= 0.6 is 15.9 Å². The van der Waals surface area contributed by atoms with Crippen molar-refractivity contribution < 1.29 is 14.6 Å². The highest BCUT2D eigenvalue weighted by atomic mass is 79.9. The molecule has 0 aliphatic heterocycles. The Kier molecular flexibility index (Phi) is 7.48. The van der Waals surface area contributed by atoms with Gasteiger partial charge in [0.05, 0.1) is 17.7 Å². The van der Waals surface area contributed by atoms with Gasteiger partial charge >= 0.3 is 0 Å². The SMILES string of the molecule is COc1cc(CNCC(O)c2ccccc2)cc(Br)c1OCc1ccccc1. The van der Waals surface area contributed by atoms with Crippen molar-refractivity contribution in [1.29, 1.82) is 0 Å². The van der Waals surface area contributed by atoms with Gasteiger partial charge in [-0.15, -0.1) is 0 Å². The van der Waals surface area contributed by atoms with Crippen molar-refractivity contribution in [2.75, 3.05) is 13.7 Å². The fraction of sp³-hybridized carbons (Fsp3) is 0.217. The highest BCUT2D eigenvalue weighted by Gasteiger charge is 2.13. The van der Waals surface area contributed by atoms with Crippen LogP contribution in [0.2, 0.25) is 0 Å². The molecular formula is C23H24BrNO3. The molecule has 0 amide bonds. The summed E-state index contributed by atoms with van der Waals surface area (Å²) in [7, 11) is 1.63. The minimum absolute atomic E-state index is 0.468. The van der Waals surface area contributed by atoms with E-state index in [-0.39, 0.29) is 0 Å². The summed E-state index contributed by atoms with van der Waals surface area (Å²) in [4.78, 5) is 0. The Labute approximate surface area is 174 Å². The van der Waals surface area contributed by atoms with Gasteiger partial charge in [-0.2, -0.15) is 0 Å². The second-order valence-electron chi connectivity index (χ2n) is 6.44. The number of hydrogen-bond acceptors (Lipinski definition) is 4. The Morgan fingerprint density at radius 3 is 2.32 bits per heavy atom. The van der Waals surface area contributed by atoms with Crippen LogP contribution in [0.4, 0.5) is 0 Å². The molecule has 3 aromatic rings. The lowest BCUT2D eigenvalue weighted by Crippen LogP contribution is -2.21. The molecule has 3 rings (SSSR count). The third-order valence-corrected chi connectivity index (χ3v) is 4.96. The normalized spacial score (nSPS) is 11.8. The second-order valence-corrected chi connectivity index (χ2v) is 7.30. The third-order valence-electron chi connectivity index (χ3n) is 4.37. The first-order valence-electron chi connectivity index (χ1n) is 9.14. The molecule has 3 aromatic carbocycles. The summed E-state index contributed by atoms with van der Waals surface area (Å²) < 4.78 is 12.3. The first-order chi connectivity index (χ1) is 13.7. The topological polar surface area (TPSA) is 50.7 Å². The number of rotatable bonds is 9. The monoisotopic (exact) mass is 441 g/mol. The van der Waals surface area contributed by atoms with Crippen LogP contribution in [-0.4, -0.2) is 18.8 Å². The van der Waals surface area contributed by atoms with Crippen molar-refractivity contribution in [2.45, 2.75) is 19.3 Å². The average Bonchev–Trinajstić information content (AvgIpc) is 2.74. The lowest BCUT2D eigenvalue weighted by atomic mass is 10.1. The van der Waals surface area contributed by atoms with E-state index in [1.54, 1.807) is 7.11 Å². The highest BCUT2D eigenvalue weighted by molar-refractivity contribution is 9.10. The van der Waals surface area contributed by atoms with E-state index in [1.165, 1.54) is 0 Å². The van der Waals surface area contributed by atoms with Gasteiger partial charge in [-0.1, -0.05) is 60.7 Å². The molecule has 146 valence electrons. The van der Waals surface area contributed by atoms with Gasteiger partial charge in [0, 0.05) is 13.1 Å². The standard InChI is InChI=1S/C23H24BrNO3/c1-27-22-13-18(14-25-15-21(26)19-10-6-3-7-11-19)12-20(24)23(22)28-16-17-8-4-2-5-9-17/h2-13,21,25-26H,14-16H2,1H3. The number of aliphatic hydroxyl groups excluding tert-OH is 1. The van der Waals surface area contributed by atoms with Crippen LogP contribution in [0.25, 0.3) is 0 Å². The van der Waals surface area contributed by atoms with E-state index >= 15 is 0 Å². The average molecular weight is 442 g/mol. The number of hydrogen-bond donors (Lipinski definition) is 2. The largest absolute Gasteiger partial charge is 0.493 e. The molecule has 5 heteroatoms. The first kappa shape index (κ1) is 20.4. The van der Waals surface area contributed by atoms with Crippen LogP contribution in [0.15, 0.2) is 77.3 Å². The maximum Gasteiger partial charge on any atom is 0.175 e. The Morgan fingerprint density at radius 2 is 1.64 bits per heavy atom. The molecule has 0 saturated carbocycles. The Morgan fingerprint density at radius 1 is 0.964 bits per heavy atom. The maximum absolute atomic E-state index is 10.3. The zero-order valence-electron chi connectivity index (χ0n) is 15.8. The van der Waals surface area contributed by atoms with Crippen molar-refractivity contribution in [2.24, 2.45) is 0 Å². The van der Waals surface area contributed by atoms with Crippen molar-refractivity contribution in [3.05, 3.63) is 94.0 Å². The van der Waals surface area contributed by atoms with Crippen molar-refractivity contribution in [3.8, 4) is 11.5 Å². The minimum Gasteiger partial charge on any atom is -0.493 e. The quantitative estimate of drug-likeness (QED) is 0.497. The predicted molar refractivity (Wildman–Crippen MR) is 115 cm³/mol. The van der Waals surface area contributed by atoms with Crippen molar-refractivity contribution >= 4 is 15.9 Å². The van der Waals surface area contributed by atoms with Crippen molar-refractivity contribution in [1.82, 2.24) is 5.32 Å². The summed E-state index contributed by atoms with van der Waals surface area (Å²) in [5.41, 5.74) is 3.03. The Balaban J connectivity index is 1.60. The van der Waals surface area contributed by atoms with E-state index in [0.29, 0.717) is 31.2 Å². The number of benzene rings is 3. The summed E-state index contributed by atoms with van der Waals surface area (Å²) in [6.45, 7) is 1.55. The van der Waals surface area contributed by atoms with Gasteiger partial charge in [-0.05, 0) is 44.8 Å². The summed E-state index contributed by atoms with van der Waals surface area (Å²) in [5, 5.41) is 13.5. The fourth-order valence-corrected chi connectivity index (χ4v) is 3.50. The van der Waals surface area contributed by atoms with Gasteiger partial charge in [0.1, 0.15) is 6.61 Å². The van der Waals surface area contributed by atoms with Crippen LogP contribution in [0.1, 0.15) is 22.8 Å². The van der Waals surface area contributed by atoms with Gasteiger partial charge in [-0.25, -0.2) is 0 Å². The first-order valence-corrected chi connectivity index (χ1v) is 9.93. The molecule has 0 aliphatic carbocycles. The predicted octanol–water partition coefficient (Wildman–Crippen LogP) is 4.86. The van der Waals surface area contributed by atoms with E-state index in [0.717, 1.165) is 21.2 Å². The maximum atomic E-state index is 10.3. The summed E-state index contributed by atoms with van der Waals surface area (Å²) in [5.74, 6) is 1.35. The zero-order valence-corrected chi connectivity index (χ0v) is 17.4. The molecule has 0 radical (unpaired) electrons. The van der Waals surface area contributed by atoms with Crippen LogP contribution in [0.5, 0.6) is 11.5 Å². The molecule has 0 aliphatic rings.